The summed E-state index contributed by atoms with van der Waals surface area (Å²) in [6.45, 7) is 1.10. The molecule has 0 saturated carbocycles. The van der Waals surface area contributed by atoms with Gasteiger partial charge in [0.25, 0.3) is 0 Å². The number of primary amides is 1. The number of likely N-dealkylation sites (tertiary alicyclic amines) is 1. The minimum Gasteiger partial charge on any atom is -0.370 e. The Balaban J connectivity index is 1.64. The molecule has 0 bridgehead atoms. The van der Waals surface area contributed by atoms with Crippen molar-refractivity contribution in [2.45, 2.75) is 30.7 Å². The SMILES string of the molecule is NC(=O)C[C@@H](N)C(=O)N1CCC(c2ccccc2)(c2cn3ccccc3n2)CC1. The maximum atomic E-state index is 12.6. The fourth-order valence-electron chi connectivity index (χ4n) is 4.26. The Morgan fingerprint density at radius 1 is 1.07 bits per heavy atom. The number of aromatic nitrogens is 2. The minimum absolute atomic E-state index is 0.133. The van der Waals surface area contributed by atoms with Gasteiger partial charge >= 0.3 is 0 Å². The number of nitrogens with zero attached hydrogens (tertiary/aromatic N) is 3. The molecule has 1 saturated heterocycles. The van der Waals surface area contributed by atoms with E-state index in [-0.39, 0.29) is 17.7 Å². The molecular formula is C22H25N5O2. The number of carbonyl (C=O) groups is 2. The Kier molecular flexibility index (Phi) is 5.07. The Labute approximate surface area is 169 Å². The maximum absolute atomic E-state index is 12.6. The fraction of sp³-hybridized carbons (Fsp3) is 0.318. The molecule has 150 valence electrons. The van der Waals surface area contributed by atoms with Crippen LogP contribution in [-0.2, 0) is 15.0 Å². The molecule has 1 atom stereocenters. The average Bonchev–Trinajstić information content (AvgIpc) is 3.18. The third-order valence-corrected chi connectivity index (χ3v) is 5.85. The molecule has 0 aliphatic carbocycles. The van der Waals surface area contributed by atoms with Crippen LogP contribution in [0, 0.1) is 0 Å². The van der Waals surface area contributed by atoms with Crippen LogP contribution in [0.4, 0.5) is 0 Å². The molecular weight excluding hydrogens is 366 g/mol. The molecule has 7 nitrogen and oxygen atoms in total. The monoisotopic (exact) mass is 391 g/mol. The molecule has 1 aliphatic rings. The molecule has 1 fully saturated rings. The highest BCUT2D eigenvalue weighted by Crippen LogP contribution is 2.41. The Bertz CT molecular complexity index is 989. The lowest BCUT2D eigenvalue weighted by molar-refractivity contribution is -0.136. The van der Waals surface area contributed by atoms with Gasteiger partial charge in [-0.2, -0.15) is 0 Å². The van der Waals surface area contributed by atoms with Gasteiger partial charge in [0.2, 0.25) is 11.8 Å². The molecule has 4 N–H and O–H groups in total. The van der Waals surface area contributed by atoms with Gasteiger partial charge in [-0.05, 0) is 30.5 Å². The molecule has 1 aliphatic heterocycles. The third-order valence-electron chi connectivity index (χ3n) is 5.85. The van der Waals surface area contributed by atoms with E-state index in [1.54, 1.807) is 4.90 Å². The predicted octanol–water partition coefficient (Wildman–Crippen LogP) is 1.45. The molecule has 0 radical (unpaired) electrons. The van der Waals surface area contributed by atoms with Crippen LogP contribution in [0.3, 0.4) is 0 Å². The van der Waals surface area contributed by atoms with Crippen molar-refractivity contribution in [3.8, 4) is 0 Å². The topological polar surface area (TPSA) is 107 Å². The second kappa shape index (κ2) is 7.67. The first-order valence-electron chi connectivity index (χ1n) is 9.82. The summed E-state index contributed by atoms with van der Waals surface area (Å²) in [5.74, 6) is -0.786. The first kappa shape index (κ1) is 19.1. The van der Waals surface area contributed by atoms with Crippen molar-refractivity contribution in [2.75, 3.05) is 13.1 Å². The van der Waals surface area contributed by atoms with E-state index in [0.717, 1.165) is 24.2 Å². The zero-order valence-corrected chi connectivity index (χ0v) is 16.2. The van der Waals surface area contributed by atoms with Gasteiger partial charge in [-0.3, -0.25) is 9.59 Å². The Morgan fingerprint density at radius 2 is 1.76 bits per heavy atom. The summed E-state index contributed by atoms with van der Waals surface area (Å²) in [5.41, 5.74) is 13.9. The number of hydrogen-bond donors (Lipinski definition) is 2. The quantitative estimate of drug-likeness (QED) is 0.686. The molecule has 2 aromatic heterocycles. The minimum atomic E-state index is -0.882. The summed E-state index contributed by atoms with van der Waals surface area (Å²) in [6, 6.07) is 15.4. The van der Waals surface area contributed by atoms with Gasteiger partial charge in [0.1, 0.15) is 5.65 Å². The zero-order valence-electron chi connectivity index (χ0n) is 16.2. The Morgan fingerprint density at radius 3 is 2.41 bits per heavy atom. The molecule has 3 heterocycles. The van der Waals surface area contributed by atoms with E-state index in [0.29, 0.717) is 13.1 Å². The standard InChI is InChI=1S/C22H25N5O2/c23-17(14-19(24)28)21(29)26-12-9-22(10-13-26,16-6-2-1-3-7-16)18-15-27-11-5-4-8-20(27)25-18/h1-8,11,15,17H,9-10,12-14,23H2,(H2,24,28)/t17-/m1/s1. The van der Waals surface area contributed by atoms with E-state index in [9.17, 15) is 9.59 Å². The van der Waals surface area contributed by atoms with Gasteiger partial charge in [0.05, 0.1) is 18.2 Å². The number of carbonyl (C=O) groups excluding carboxylic acids is 2. The number of nitrogens with two attached hydrogens (primary N) is 2. The zero-order chi connectivity index (χ0) is 20.4. The van der Waals surface area contributed by atoms with Gasteiger partial charge in [0, 0.05) is 30.9 Å². The van der Waals surface area contributed by atoms with E-state index in [4.69, 9.17) is 16.5 Å². The van der Waals surface area contributed by atoms with Crippen LogP contribution in [0.2, 0.25) is 0 Å². The summed E-state index contributed by atoms with van der Waals surface area (Å²) in [7, 11) is 0. The second-order valence-electron chi connectivity index (χ2n) is 7.64. The van der Waals surface area contributed by atoms with Gasteiger partial charge in [-0.25, -0.2) is 4.98 Å². The number of rotatable bonds is 5. The number of piperidine rings is 1. The number of imidazole rings is 1. The number of amides is 2. The molecule has 29 heavy (non-hydrogen) atoms. The van der Waals surface area contributed by atoms with Crippen molar-refractivity contribution < 1.29 is 9.59 Å². The number of hydrogen-bond acceptors (Lipinski definition) is 4. The van der Waals surface area contributed by atoms with Gasteiger partial charge < -0.3 is 20.8 Å². The first-order valence-corrected chi connectivity index (χ1v) is 9.82. The first-order chi connectivity index (χ1) is 14.0. The summed E-state index contributed by atoms with van der Waals surface area (Å²) >= 11 is 0. The summed E-state index contributed by atoms with van der Waals surface area (Å²) in [4.78, 5) is 30.4. The van der Waals surface area contributed by atoms with Crippen LogP contribution in [-0.4, -0.2) is 45.2 Å². The van der Waals surface area contributed by atoms with E-state index >= 15 is 0 Å². The second-order valence-corrected chi connectivity index (χ2v) is 7.64. The molecule has 2 amide bonds. The van der Waals surface area contributed by atoms with Crippen molar-refractivity contribution >= 4 is 17.5 Å². The maximum Gasteiger partial charge on any atom is 0.240 e. The fourth-order valence-corrected chi connectivity index (χ4v) is 4.26. The van der Waals surface area contributed by atoms with Crippen LogP contribution in [0.15, 0.2) is 60.9 Å². The largest absolute Gasteiger partial charge is 0.370 e. The molecule has 0 spiro atoms. The van der Waals surface area contributed by atoms with E-state index in [2.05, 4.69) is 18.3 Å². The van der Waals surface area contributed by atoms with Crippen molar-refractivity contribution in [1.82, 2.24) is 14.3 Å². The van der Waals surface area contributed by atoms with Crippen LogP contribution >= 0.6 is 0 Å². The molecule has 1 aromatic carbocycles. The lowest BCUT2D eigenvalue weighted by atomic mass is 9.70. The number of pyridine rings is 1. The molecule has 0 unspecified atom stereocenters. The lowest BCUT2D eigenvalue weighted by Gasteiger charge is -2.42. The lowest BCUT2D eigenvalue weighted by Crippen LogP contribution is -2.51. The van der Waals surface area contributed by atoms with Crippen molar-refractivity contribution in [2.24, 2.45) is 11.5 Å². The third kappa shape index (κ3) is 3.61. The normalized spacial score (nSPS) is 17.2. The highest BCUT2D eigenvalue weighted by Gasteiger charge is 2.41. The van der Waals surface area contributed by atoms with E-state index < -0.39 is 11.9 Å². The highest BCUT2D eigenvalue weighted by molar-refractivity contribution is 5.87. The van der Waals surface area contributed by atoms with Crippen molar-refractivity contribution in [3.63, 3.8) is 0 Å². The van der Waals surface area contributed by atoms with Crippen LogP contribution in [0.1, 0.15) is 30.5 Å². The predicted molar refractivity (Wildman–Crippen MR) is 110 cm³/mol. The smallest absolute Gasteiger partial charge is 0.240 e. The average molecular weight is 391 g/mol. The van der Waals surface area contributed by atoms with Crippen molar-refractivity contribution in [3.05, 3.63) is 72.2 Å². The molecule has 7 heteroatoms. The van der Waals surface area contributed by atoms with Gasteiger partial charge in [-0.1, -0.05) is 36.4 Å². The molecule has 4 rings (SSSR count). The van der Waals surface area contributed by atoms with Crippen molar-refractivity contribution in [1.29, 1.82) is 0 Å². The van der Waals surface area contributed by atoms with E-state index in [1.165, 1.54) is 5.56 Å². The van der Waals surface area contributed by atoms with Crippen LogP contribution in [0.5, 0.6) is 0 Å². The van der Waals surface area contributed by atoms with Gasteiger partial charge in [0.15, 0.2) is 0 Å². The summed E-state index contributed by atoms with van der Waals surface area (Å²) < 4.78 is 2.03. The number of fused-ring (bicyclic) bond motifs is 1. The summed E-state index contributed by atoms with van der Waals surface area (Å²) in [6.07, 6.45) is 5.40. The van der Waals surface area contributed by atoms with Gasteiger partial charge in [-0.15, -0.1) is 0 Å². The molecule has 3 aromatic rings. The van der Waals surface area contributed by atoms with Crippen LogP contribution < -0.4 is 11.5 Å². The summed E-state index contributed by atoms with van der Waals surface area (Å²) in [5, 5.41) is 0. The van der Waals surface area contributed by atoms with E-state index in [1.807, 2.05) is 47.0 Å². The highest BCUT2D eigenvalue weighted by atomic mass is 16.2. The Hall–Kier alpha value is -3.19. The van der Waals surface area contributed by atoms with Crippen LogP contribution in [0.25, 0.3) is 5.65 Å². The number of benzene rings is 1.